The van der Waals surface area contributed by atoms with Crippen molar-refractivity contribution < 1.29 is 4.39 Å². The van der Waals surface area contributed by atoms with Crippen LogP contribution in [-0.4, -0.2) is 4.98 Å². The van der Waals surface area contributed by atoms with Gasteiger partial charge in [-0.1, -0.05) is 37.3 Å². The first-order chi connectivity index (χ1) is 10.3. The predicted molar refractivity (Wildman–Crippen MR) is 84.9 cm³/mol. The molecule has 1 heterocycles. The van der Waals surface area contributed by atoms with Crippen LogP contribution in [0, 0.1) is 5.82 Å². The zero-order valence-corrected chi connectivity index (χ0v) is 12.1. The third kappa shape index (κ3) is 2.94. The van der Waals surface area contributed by atoms with Crippen LogP contribution in [0.2, 0.25) is 0 Å². The molecule has 0 aliphatic rings. The molecule has 0 aliphatic heterocycles. The van der Waals surface area contributed by atoms with E-state index in [1.54, 1.807) is 12.1 Å². The highest BCUT2D eigenvalue weighted by molar-refractivity contribution is 5.81. The van der Waals surface area contributed by atoms with Gasteiger partial charge in [-0.05, 0) is 54.2 Å². The van der Waals surface area contributed by atoms with Gasteiger partial charge in [0.1, 0.15) is 5.82 Å². The number of halogens is 1. The molecule has 0 amide bonds. The molecule has 106 valence electrons. The first-order valence-electron chi connectivity index (χ1n) is 7.36. The molecule has 2 heteroatoms. The number of benzene rings is 2. The normalized spacial score (nSPS) is 12.5. The fourth-order valence-electron chi connectivity index (χ4n) is 2.83. The summed E-state index contributed by atoms with van der Waals surface area (Å²) < 4.78 is 13.1. The molecule has 1 unspecified atom stereocenters. The van der Waals surface area contributed by atoms with Gasteiger partial charge in [0, 0.05) is 11.6 Å². The molecule has 0 saturated heterocycles. The van der Waals surface area contributed by atoms with Crippen LogP contribution in [0.3, 0.4) is 0 Å². The SMILES string of the molecule is CCC(Cc1ccnc2ccccc12)c1ccc(F)cc1. The average Bonchev–Trinajstić information content (AvgIpc) is 2.54. The van der Waals surface area contributed by atoms with Crippen molar-refractivity contribution in [3.8, 4) is 0 Å². The monoisotopic (exact) mass is 279 g/mol. The van der Waals surface area contributed by atoms with E-state index >= 15 is 0 Å². The lowest BCUT2D eigenvalue weighted by atomic mass is 9.89. The van der Waals surface area contributed by atoms with E-state index in [1.165, 1.54) is 16.5 Å². The third-order valence-corrected chi connectivity index (χ3v) is 4.04. The second-order valence-corrected chi connectivity index (χ2v) is 5.35. The van der Waals surface area contributed by atoms with Crippen LogP contribution in [0.25, 0.3) is 10.9 Å². The highest BCUT2D eigenvalue weighted by Crippen LogP contribution is 2.27. The van der Waals surface area contributed by atoms with Gasteiger partial charge in [-0.3, -0.25) is 4.98 Å². The third-order valence-electron chi connectivity index (χ3n) is 4.04. The van der Waals surface area contributed by atoms with E-state index < -0.39 is 0 Å². The molecular weight excluding hydrogens is 261 g/mol. The molecule has 0 fully saturated rings. The van der Waals surface area contributed by atoms with Crippen molar-refractivity contribution in [3.63, 3.8) is 0 Å². The molecule has 3 rings (SSSR count). The van der Waals surface area contributed by atoms with Gasteiger partial charge < -0.3 is 0 Å². The standard InChI is InChI=1S/C19H18FN/c1-2-14(15-7-9-17(20)10-8-15)13-16-11-12-21-19-6-4-3-5-18(16)19/h3-12,14H,2,13H2,1H3. The quantitative estimate of drug-likeness (QED) is 0.646. The highest BCUT2D eigenvalue weighted by atomic mass is 19.1. The van der Waals surface area contributed by atoms with Gasteiger partial charge in [-0.2, -0.15) is 0 Å². The fraction of sp³-hybridized carbons (Fsp3) is 0.211. The minimum absolute atomic E-state index is 0.178. The van der Waals surface area contributed by atoms with Crippen molar-refractivity contribution in [2.75, 3.05) is 0 Å². The number of fused-ring (bicyclic) bond motifs is 1. The first-order valence-corrected chi connectivity index (χ1v) is 7.36. The van der Waals surface area contributed by atoms with Crippen molar-refractivity contribution in [2.24, 2.45) is 0 Å². The molecule has 0 saturated carbocycles. The topological polar surface area (TPSA) is 12.9 Å². The molecule has 1 nitrogen and oxygen atoms in total. The van der Waals surface area contributed by atoms with Crippen LogP contribution in [0.4, 0.5) is 4.39 Å². The number of rotatable bonds is 4. The number of hydrogen-bond acceptors (Lipinski definition) is 1. The second kappa shape index (κ2) is 6.04. The summed E-state index contributed by atoms with van der Waals surface area (Å²) in [6.45, 7) is 2.18. The van der Waals surface area contributed by atoms with E-state index in [1.807, 2.05) is 36.5 Å². The Hall–Kier alpha value is -2.22. The molecular formula is C19H18FN. The second-order valence-electron chi connectivity index (χ2n) is 5.35. The minimum atomic E-state index is -0.178. The summed E-state index contributed by atoms with van der Waals surface area (Å²) in [5.41, 5.74) is 3.53. The van der Waals surface area contributed by atoms with Gasteiger partial charge in [0.05, 0.1) is 5.52 Å². The smallest absolute Gasteiger partial charge is 0.123 e. The van der Waals surface area contributed by atoms with Gasteiger partial charge in [0.15, 0.2) is 0 Å². The Bertz CT molecular complexity index is 729. The van der Waals surface area contributed by atoms with Crippen LogP contribution < -0.4 is 0 Å². The number of para-hydroxylation sites is 1. The summed E-state index contributed by atoms with van der Waals surface area (Å²) in [5, 5.41) is 1.21. The highest BCUT2D eigenvalue weighted by Gasteiger charge is 2.12. The van der Waals surface area contributed by atoms with Crippen molar-refractivity contribution in [1.82, 2.24) is 4.98 Å². The Labute approximate surface area is 124 Å². The van der Waals surface area contributed by atoms with E-state index in [9.17, 15) is 4.39 Å². The van der Waals surface area contributed by atoms with E-state index in [0.29, 0.717) is 5.92 Å². The van der Waals surface area contributed by atoms with Crippen LogP contribution in [0.15, 0.2) is 60.8 Å². The zero-order valence-electron chi connectivity index (χ0n) is 12.1. The number of aromatic nitrogens is 1. The Balaban J connectivity index is 1.94. The number of pyridine rings is 1. The number of hydrogen-bond donors (Lipinski definition) is 0. The van der Waals surface area contributed by atoms with Crippen molar-refractivity contribution >= 4 is 10.9 Å². The first kappa shape index (κ1) is 13.7. The average molecular weight is 279 g/mol. The maximum Gasteiger partial charge on any atom is 0.123 e. The summed E-state index contributed by atoms with van der Waals surface area (Å²) in [5.74, 6) is 0.222. The van der Waals surface area contributed by atoms with E-state index in [2.05, 4.69) is 24.0 Å². The van der Waals surface area contributed by atoms with Crippen molar-refractivity contribution in [1.29, 1.82) is 0 Å². The van der Waals surface area contributed by atoms with Crippen LogP contribution in [0.1, 0.15) is 30.4 Å². The largest absolute Gasteiger partial charge is 0.256 e. The molecule has 0 N–H and O–H groups in total. The molecule has 0 bridgehead atoms. The van der Waals surface area contributed by atoms with Crippen LogP contribution in [-0.2, 0) is 6.42 Å². The van der Waals surface area contributed by atoms with E-state index in [4.69, 9.17) is 0 Å². The Kier molecular flexibility index (Phi) is 3.96. The van der Waals surface area contributed by atoms with Crippen LogP contribution >= 0.6 is 0 Å². The Morgan fingerprint density at radius 2 is 1.76 bits per heavy atom. The van der Waals surface area contributed by atoms with Gasteiger partial charge >= 0.3 is 0 Å². The van der Waals surface area contributed by atoms with Crippen molar-refractivity contribution in [2.45, 2.75) is 25.7 Å². The molecule has 21 heavy (non-hydrogen) atoms. The summed E-state index contributed by atoms with van der Waals surface area (Å²) in [7, 11) is 0. The molecule has 3 aromatic rings. The number of nitrogens with zero attached hydrogens (tertiary/aromatic N) is 1. The van der Waals surface area contributed by atoms with Gasteiger partial charge in [-0.25, -0.2) is 4.39 Å². The maximum atomic E-state index is 13.1. The summed E-state index contributed by atoms with van der Waals surface area (Å²) in [6.07, 6.45) is 3.85. The van der Waals surface area contributed by atoms with Crippen molar-refractivity contribution in [3.05, 3.63) is 77.7 Å². The molecule has 1 atom stereocenters. The summed E-state index contributed by atoms with van der Waals surface area (Å²) in [6, 6.07) is 17.2. The summed E-state index contributed by atoms with van der Waals surface area (Å²) >= 11 is 0. The van der Waals surface area contributed by atoms with Gasteiger partial charge in [-0.15, -0.1) is 0 Å². The fourth-order valence-corrected chi connectivity index (χ4v) is 2.83. The van der Waals surface area contributed by atoms with Gasteiger partial charge in [0.2, 0.25) is 0 Å². The Morgan fingerprint density at radius 3 is 2.52 bits per heavy atom. The van der Waals surface area contributed by atoms with E-state index in [-0.39, 0.29) is 5.82 Å². The molecule has 0 radical (unpaired) electrons. The van der Waals surface area contributed by atoms with Gasteiger partial charge in [0.25, 0.3) is 0 Å². The van der Waals surface area contributed by atoms with Crippen LogP contribution in [0.5, 0.6) is 0 Å². The zero-order chi connectivity index (χ0) is 14.7. The predicted octanol–water partition coefficient (Wildman–Crippen LogP) is 5.11. The molecule has 2 aromatic carbocycles. The lowest BCUT2D eigenvalue weighted by Gasteiger charge is -2.16. The molecule has 0 spiro atoms. The minimum Gasteiger partial charge on any atom is -0.256 e. The maximum absolute atomic E-state index is 13.1. The summed E-state index contributed by atoms with van der Waals surface area (Å²) in [4.78, 5) is 4.41. The lowest BCUT2D eigenvalue weighted by Crippen LogP contribution is -2.03. The Morgan fingerprint density at radius 1 is 1.00 bits per heavy atom. The van der Waals surface area contributed by atoms with E-state index in [0.717, 1.165) is 18.4 Å². The molecule has 1 aromatic heterocycles. The lowest BCUT2D eigenvalue weighted by molar-refractivity contribution is 0.620. The molecule has 0 aliphatic carbocycles.